The Bertz CT molecular complexity index is 632. The lowest BCUT2D eigenvalue weighted by atomic mass is 9.92. The third-order valence-electron chi connectivity index (χ3n) is 4.85. The molecule has 2 saturated heterocycles. The smallest absolute Gasteiger partial charge is 0.305 e. The molecule has 2 fully saturated rings. The molecule has 1 aromatic carbocycles. The SMILES string of the molecule is Cl.O=C(COc1ccc([N+](=O)[O-])c(F)c1)N1CC[C@@H]2CNC[C@@H]2CC1. The van der Waals surface area contributed by atoms with Gasteiger partial charge in [-0.1, -0.05) is 0 Å². The van der Waals surface area contributed by atoms with Crippen molar-refractivity contribution in [2.75, 3.05) is 32.8 Å². The van der Waals surface area contributed by atoms with Gasteiger partial charge in [-0.3, -0.25) is 14.9 Å². The lowest BCUT2D eigenvalue weighted by molar-refractivity contribution is -0.387. The summed E-state index contributed by atoms with van der Waals surface area (Å²) in [5.74, 6) is 0.268. The molecule has 0 saturated carbocycles. The largest absolute Gasteiger partial charge is 0.484 e. The summed E-state index contributed by atoms with van der Waals surface area (Å²) in [4.78, 5) is 23.9. The molecular formula is C16H21ClFN3O4. The maximum absolute atomic E-state index is 13.5. The Labute approximate surface area is 151 Å². The summed E-state index contributed by atoms with van der Waals surface area (Å²) in [5, 5.41) is 14.0. The Balaban J connectivity index is 0.00000225. The van der Waals surface area contributed by atoms with Crippen LogP contribution in [0.5, 0.6) is 5.75 Å². The van der Waals surface area contributed by atoms with Crippen molar-refractivity contribution in [2.24, 2.45) is 11.8 Å². The molecule has 25 heavy (non-hydrogen) atoms. The molecule has 2 aliphatic heterocycles. The fourth-order valence-corrected chi connectivity index (χ4v) is 3.43. The third kappa shape index (κ3) is 4.58. The number of ether oxygens (including phenoxy) is 1. The van der Waals surface area contributed by atoms with E-state index in [9.17, 15) is 19.3 Å². The van der Waals surface area contributed by atoms with Crippen molar-refractivity contribution in [3.05, 3.63) is 34.1 Å². The number of nitrogens with zero attached hydrogens (tertiary/aromatic N) is 2. The monoisotopic (exact) mass is 373 g/mol. The lowest BCUT2D eigenvalue weighted by Crippen LogP contribution is -2.36. The van der Waals surface area contributed by atoms with E-state index in [1.807, 2.05) is 0 Å². The molecule has 1 aromatic rings. The first-order chi connectivity index (χ1) is 11.5. The molecule has 2 atom stereocenters. The van der Waals surface area contributed by atoms with Gasteiger partial charge in [0.05, 0.1) is 4.92 Å². The first kappa shape index (κ1) is 19.4. The number of likely N-dealkylation sites (tertiary alicyclic amines) is 1. The second kappa shape index (κ2) is 8.44. The molecule has 2 heterocycles. The third-order valence-corrected chi connectivity index (χ3v) is 4.85. The molecule has 3 rings (SSSR count). The summed E-state index contributed by atoms with van der Waals surface area (Å²) >= 11 is 0. The van der Waals surface area contributed by atoms with Crippen LogP contribution in [0.25, 0.3) is 0 Å². The fraction of sp³-hybridized carbons (Fsp3) is 0.562. The first-order valence-corrected chi connectivity index (χ1v) is 8.10. The van der Waals surface area contributed by atoms with Crippen LogP contribution in [0, 0.1) is 27.8 Å². The molecule has 9 heteroatoms. The highest BCUT2D eigenvalue weighted by atomic mass is 35.5. The normalized spacial score (nSPS) is 22.5. The lowest BCUT2D eigenvalue weighted by Gasteiger charge is -2.21. The van der Waals surface area contributed by atoms with Crippen LogP contribution in [0.1, 0.15) is 12.8 Å². The van der Waals surface area contributed by atoms with Gasteiger partial charge in [-0.15, -0.1) is 12.4 Å². The number of benzene rings is 1. The zero-order valence-electron chi connectivity index (χ0n) is 13.7. The van der Waals surface area contributed by atoms with Crippen molar-refractivity contribution < 1.29 is 18.8 Å². The second-order valence-corrected chi connectivity index (χ2v) is 6.30. The van der Waals surface area contributed by atoms with Gasteiger partial charge < -0.3 is 15.0 Å². The van der Waals surface area contributed by atoms with Gasteiger partial charge >= 0.3 is 5.69 Å². The fourth-order valence-electron chi connectivity index (χ4n) is 3.43. The van der Waals surface area contributed by atoms with Crippen molar-refractivity contribution in [3.63, 3.8) is 0 Å². The van der Waals surface area contributed by atoms with E-state index in [1.165, 1.54) is 6.07 Å². The van der Waals surface area contributed by atoms with E-state index in [-0.39, 0.29) is 30.7 Å². The molecule has 1 N–H and O–H groups in total. The van der Waals surface area contributed by atoms with Crippen LogP contribution < -0.4 is 10.1 Å². The molecule has 0 bridgehead atoms. The first-order valence-electron chi connectivity index (χ1n) is 8.10. The van der Waals surface area contributed by atoms with Gasteiger partial charge in [0.25, 0.3) is 5.91 Å². The van der Waals surface area contributed by atoms with Crippen LogP contribution in [-0.4, -0.2) is 48.5 Å². The number of rotatable bonds is 4. The van der Waals surface area contributed by atoms with Crippen molar-refractivity contribution >= 4 is 24.0 Å². The van der Waals surface area contributed by atoms with Gasteiger partial charge in [0.2, 0.25) is 5.82 Å². The average Bonchev–Trinajstić information content (AvgIpc) is 2.91. The Morgan fingerprint density at radius 2 is 1.96 bits per heavy atom. The van der Waals surface area contributed by atoms with Crippen LogP contribution in [0.3, 0.4) is 0 Å². The molecule has 0 aromatic heterocycles. The number of fused-ring (bicyclic) bond motifs is 1. The summed E-state index contributed by atoms with van der Waals surface area (Å²) in [6, 6.07) is 3.27. The molecule has 7 nitrogen and oxygen atoms in total. The number of carbonyl (C=O) groups excluding carboxylic acids is 1. The zero-order valence-corrected chi connectivity index (χ0v) is 14.5. The highest BCUT2D eigenvalue weighted by Crippen LogP contribution is 2.27. The van der Waals surface area contributed by atoms with Gasteiger partial charge in [0, 0.05) is 25.2 Å². The number of hydrogen-bond acceptors (Lipinski definition) is 5. The van der Waals surface area contributed by atoms with Crippen molar-refractivity contribution in [1.29, 1.82) is 0 Å². The van der Waals surface area contributed by atoms with Gasteiger partial charge in [0.15, 0.2) is 6.61 Å². The van der Waals surface area contributed by atoms with Crippen LogP contribution in [0.15, 0.2) is 18.2 Å². The maximum atomic E-state index is 13.5. The van der Waals surface area contributed by atoms with Crippen LogP contribution >= 0.6 is 12.4 Å². The Kier molecular flexibility index (Phi) is 6.55. The minimum absolute atomic E-state index is 0. The molecule has 138 valence electrons. The van der Waals surface area contributed by atoms with Gasteiger partial charge in [-0.25, -0.2) is 0 Å². The predicted molar refractivity (Wildman–Crippen MR) is 91.5 cm³/mol. The topological polar surface area (TPSA) is 84.7 Å². The van der Waals surface area contributed by atoms with E-state index < -0.39 is 16.4 Å². The minimum atomic E-state index is -0.972. The van der Waals surface area contributed by atoms with E-state index in [1.54, 1.807) is 4.90 Å². The number of amides is 1. The molecule has 2 aliphatic rings. The van der Waals surface area contributed by atoms with Gasteiger partial charge in [-0.2, -0.15) is 4.39 Å². The van der Waals surface area contributed by atoms with Crippen LogP contribution in [0.2, 0.25) is 0 Å². The zero-order chi connectivity index (χ0) is 17.1. The summed E-state index contributed by atoms with van der Waals surface area (Å²) in [5.41, 5.74) is -0.610. The number of halogens is 2. The molecule has 0 spiro atoms. The van der Waals surface area contributed by atoms with Crippen LogP contribution in [0.4, 0.5) is 10.1 Å². The highest BCUT2D eigenvalue weighted by molar-refractivity contribution is 5.85. The molecule has 0 radical (unpaired) electrons. The Hall–Kier alpha value is -1.93. The summed E-state index contributed by atoms with van der Waals surface area (Å²) in [6.07, 6.45) is 1.96. The molecule has 0 aliphatic carbocycles. The maximum Gasteiger partial charge on any atom is 0.305 e. The predicted octanol–water partition coefficient (Wildman–Crippen LogP) is 1.99. The summed E-state index contributed by atoms with van der Waals surface area (Å²) in [6.45, 7) is 3.26. The standard InChI is InChI=1S/C16H20FN3O4.ClH/c17-14-7-13(1-2-15(14)20(22)23)24-10-16(21)19-5-3-11-8-18-9-12(11)4-6-19;/h1-2,7,11-12,18H,3-6,8-10H2;1H/t11-,12+;. The number of hydrogen-bond donors (Lipinski definition) is 1. The van der Waals surface area contributed by atoms with Gasteiger partial charge in [-0.05, 0) is 43.8 Å². The van der Waals surface area contributed by atoms with E-state index in [4.69, 9.17) is 4.74 Å². The average molecular weight is 374 g/mol. The number of carbonyl (C=O) groups is 1. The van der Waals surface area contributed by atoms with E-state index in [2.05, 4.69) is 5.32 Å². The Morgan fingerprint density at radius 1 is 1.32 bits per heavy atom. The molecule has 0 unspecified atom stereocenters. The van der Waals surface area contributed by atoms with Crippen molar-refractivity contribution in [1.82, 2.24) is 10.2 Å². The van der Waals surface area contributed by atoms with Crippen molar-refractivity contribution in [2.45, 2.75) is 12.8 Å². The highest BCUT2D eigenvalue weighted by Gasteiger charge is 2.31. The van der Waals surface area contributed by atoms with Crippen LogP contribution in [-0.2, 0) is 4.79 Å². The summed E-state index contributed by atoms with van der Waals surface area (Å²) < 4.78 is 18.8. The molecular weight excluding hydrogens is 353 g/mol. The quantitative estimate of drug-likeness (QED) is 0.644. The van der Waals surface area contributed by atoms with Crippen molar-refractivity contribution in [3.8, 4) is 5.75 Å². The summed E-state index contributed by atoms with van der Waals surface area (Å²) in [7, 11) is 0. The second-order valence-electron chi connectivity index (χ2n) is 6.30. The Morgan fingerprint density at radius 3 is 2.52 bits per heavy atom. The van der Waals surface area contributed by atoms with E-state index in [0.29, 0.717) is 24.9 Å². The minimum Gasteiger partial charge on any atom is -0.484 e. The van der Waals surface area contributed by atoms with E-state index >= 15 is 0 Å². The molecule has 1 amide bonds. The number of nitro benzene ring substituents is 1. The van der Waals surface area contributed by atoms with E-state index in [0.717, 1.165) is 38.1 Å². The number of nitrogens with one attached hydrogen (secondary N) is 1. The number of nitro groups is 1. The van der Waals surface area contributed by atoms with Gasteiger partial charge in [0.1, 0.15) is 5.75 Å².